The van der Waals surface area contributed by atoms with Gasteiger partial charge in [-0.25, -0.2) is 4.79 Å². The monoisotopic (exact) mass is 328 g/mol. The van der Waals surface area contributed by atoms with Crippen molar-refractivity contribution in [2.75, 3.05) is 26.1 Å². The van der Waals surface area contributed by atoms with E-state index in [1.165, 1.54) is 14.2 Å². The normalized spacial score (nSPS) is 10.4. The van der Waals surface area contributed by atoms with Gasteiger partial charge in [0.05, 0.1) is 14.2 Å². The van der Waals surface area contributed by atoms with Crippen LogP contribution < -0.4 is 14.8 Å². The minimum Gasteiger partial charge on any atom is -0.494 e. The number of oxazole rings is 1. The summed E-state index contributed by atoms with van der Waals surface area (Å²) < 4.78 is 20.9. The van der Waals surface area contributed by atoms with Gasteiger partial charge in [0.2, 0.25) is 0 Å². The molecule has 0 saturated heterocycles. The molecule has 1 N–H and O–H groups in total. The second-order valence-electron chi connectivity index (χ2n) is 4.85. The highest BCUT2D eigenvalue weighted by atomic mass is 16.6. The molecule has 124 valence electrons. The molecule has 0 spiro atoms. The molecular weight excluding hydrogens is 312 g/mol. The third-order valence-corrected chi connectivity index (χ3v) is 3.26. The van der Waals surface area contributed by atoms with Gasteiger partial charge in [-0.15, -0.1) is 0 Å². The fraction of sp³-hybridized carbons (Fsp3) is 0.176. The molecule has 0 fully saturated rings. The van der Waals surface area contributed by atoms with Crippen molar-refractivity contribution in [2.45, 2.75) is 0 Å². The van der Waals surface area contributed by atoms with E-state index in [0.717, 1.165) is 5.69 Å². The highest BCUT2D eigenvalue weighted by Crippen LogP contribution is 2.33. The van der Waals surface area contributed by atoms with Crippen molar-refractivity contribution in [1.82, 2.24) is 4.98 Å². The van der Waals surface area contributed by atoms with Crippen molar-refractivity contribution in [2.24, 2.45) is 0 Å². The number of aromatic nitrogens is 1. The Kier molecular flexibility index (Phi) is 4.51. The Bertz CT molecular complexity index is 845. The van der Waals surface area contributed by atoms with Gasteiger partial charge in [0, 0.05) is 17.8 Å². The zero-order valence-corrected chi connectivity index (χ0v) is 13.2. The standard InChI is InChI=1S/C17H16N2O5/c1-21-13-8-12(23-10-15(20)22-2)9-14-16(13)19-17(24-14)18-11-6-4-3-5-7-11/h3-9H,10H2,1-2H3,(H,18,19). The number of carbonyl (C=O) groups is 1. The number of ether oxygens (including phenoxy) is 3. The summed E-state index contributed by atoms with van der Waals surface area (Å²) in [6.07, 6.45) is 0. The van der Waals surface area contributed by atoms with E-state index in [4.69, 9.17) is 13.9 Å². The lowest BCUT2D eigenvalue weighted by atomic mass is 10.3. The molecule has 0 bridgehead atoms. The minimum absolute atomic E-state index is 0.200. The Labute approximate surface area is 138 Å². The maximum atomic E-state index is 11.2. The summed E-state index contributed by atoms with van der Waals surface area (Å²) in [4.78, 5) is 15.6. The Balaban J connectivity index is 1.88. The van der Waals surface area contributed by atoms with Crippen LogP contribution in [0.3, 0.4) is 0 Å². The van der Waals surface area contributed by atoms with Crippen molar-refractivity contribution in [3.63, 3.8) is 0 Å². The number of hydrogen-bond donors (Lipinski definition) is 1. The fourth-order valence-electron chi connectivity index (χ4n) is 2.11. The smallest absolute Gasteiger partial charge is 0.343 e. The zero-order chi connectivity index (χ0) is 16.9. The van der Waals surface area contributed by atoms with Gasteiger partial charge in [0.25, 0.3) is 6.01 Å². The van der Waals surface area contributed by atoms with Crippen LogP contribution in [0.15, 0.2) is 46.9 Å². The zero-order valence-electron chi connectivity index (χ0n) is 13.2. The summed E-state index contributed by atoms with van der Waals surface area (Å²) in [7, 11) is 2.82. The van der Waals surface area contributed by atoms with Crippen LogP contribution in [0.25, 0.3) is 11.1 Å². The second-order valence-corrected chi connectivity index (χ2v) is 4.85. The van der Waals surface area contributed by atoms with E-state index >= 15 is 0 Å². The molecule has 2 aromatic carbocycles. The molecule has 24 heavy (non-hydrogen) atoms. The van der Waals surface area contributed by atoms with Gasteiger partial charge in [0.1, 0.15) is 5.75 Å². The molecule has 0 unspecified atom stereocenters. The van der Waals surface area contributed by atoms with Crippen molar-refractivity contribution in [3.05, 3.63) is 42.5 Å². The molecular formula is C17H16N2O5. The number of carbonyl (C=O) groups excluding carboxylic acids is 1. The largest absolute Gasteiger partial charge is 0.494 e. The topological polar surface area (TPSA) is 82.8 Å². The number of anilines is 2. The van der Waals surface area contributed by atoms with E-state index in [1.54, 1.807) is 12.1 Å². The average molecular weight is 328 g/mol. The van der Waals surface area contributed by atoms with Gasteiger partial charge in [-0.3, -0.25) is 0 Å². The summed E-state index contributed by atoms with van der Waals surface area (Å²) >= 11 is 0. The highest BCUT2D eigenvalue weighted by molar-refractivity contribution is 5.83. The van der Waals surface area contributed by atoms with Gasteiger partial charge in [-0.1, -0.05) is 18.2 Å². The Morgan fingerprint density at radius 1 is 1.21 bits per heavy atom. The molecule has 0 saturated carbocycles. The summed E-state index contributed by atoms with van der Waals surface area (Å²) in [6, 6.07) is 13.2. The van der Waals surface area contributed by atoms with Crippen LogP contribution in [0.4, 0.5) is 11.7 Å². The quantitative estimate of drug-likeness (QED) is 0.696. The van der Waals surface area contributed by atoms with E-state index in [1.807, 2.05) is 30.3 Å². The maximum Gasteiger partial charge on any atom is 0.343 e. The molecule has 1 aromatic heterocycles. The number of esters is 1. The molecule has 7 nitrogen and oxygen atoms in total. The number of hydrogen-bond acceptors (Lipinski definition) is 7. The number of rotatable bonds is 6. The number of nitrogens with one attached hydrogen (secondary N) is 1. The Morgan fingerprint density at radius 2 is 2.00 bits per heavy atom. The molecule has 7 heteroatoms. The van der Waals surface area contributed by atoms with E-state index < -0.39 is 5.97 Å². The SMILES string of the molecule is COC(=O)COc1cc(OC)c2nc(Nc3ccccc3)oc2c1. The van der Waals surface area contributed by atoms with Gasteiger partial charge >= 0.3 is 5.97 Å². The van der Waals surface area contributed by atoms with Crippen LogP contribution in [0.5, 0.6) is 11.5 Å². The lowest BCUT2D eigenvalue weighted by molar-refractivity contribution is -0.142. The molecule has 0 aliphatic carbocycles. The second kappa shape index (κ2) is 6.91. The van der Waals surface area contributed by atoms with Crippen molar-refractivity contribution < 1.29 is 23.4 Å². The molecule has 3 aromatic rings. The van der Waals surface area contributed by atoms with Crippen LogP contribution in [0.1, 0.15) is 0 Å². The number of methoxy groups -OCH3 is 2. The van der Waals surface area contributed by atoms with Crippen LogP contribution in [-0.4, -0.2) is 31.8 Å². The summed E-state index contributed by atoms with van der Waals surface area (Å²) in [5, 5.41) is 3.08. The lowest BCUT2D eigenvalue weighted by Gasteiger charge is -2.06. The molecule has 1 heterocycles. The summed E-state index contributed by atoms with van der Waals surface area (Å²) in [5.41, 5.74) is 1.89. The van der Waals surface area contributed by atoms with Gasteiger partial charge in [0.15, 0.2) is 23.5 Å². The first kappa shape index (κ1) is 15.7. The third-order valence-electron chi connectivity index (χ3n) is 3.26. The number of benzene rings is 2. The summed E-state index contributed by atoms with van der Waals surface area (Å²) in [6.45, 7) is -0.200. The number of para-hydroxylation sites is 1. The predicted molar refractivity (Wildman–Crippen MR) is 87.8 cm³/mol. The first-order chi connectivity index (χ1) is 11.7. The predicted octanol–water partition coefficient (Wildman–Crippen LogP) is 3.13. The molecule has 3 rings (SSSR count). The lowest BCUT2D eigenvalue weighted by Crippen LogP contribution is -2.12. The first-order valence-corrected chi connectivity index (χ1v) is 7.20. The Morgan fingerprint density at radius 3 is 2.71 bits per heavy atom. The van der Waals surface area contributed by atoms with Crippen LogP contribution in [0.2, 0.25) is 0 Å². The van der Waals surface area contributed by atoms with Gasteiger partial charge in [-0.2, -0.15) is 4.98 Å². The molecule has 0 amide bonds. The van der Waals surface area contributed by atoms with Crippen molar-refractivity contribution in [3.8, 4) is 11.5 Å². The highest BCUT2D eigenvalue weighted by Gasteiger charge is 2.14. The number of nitrogens with zero attached hydrogens (tertiary/aromatic N) is 1. The van der Waals surface area contributed by atoms with E-state index in [9.17, 15) is 4.79 Å². The van der Waals surface area contributed by atoms with E-state index in [2.05, 4.69) is 15.0 Å². The van der Waals surface area contributed by atoms with E-state index in [-0.39, 0.29) is 6.61 Å². The average Bonchev–Trinajstić information content (AvgIpc) is 3.01. The van der Waals surface area contributed by atoms with E-state index in [0.29, 0.717) is 28.6 Å². The van der Waals surface area contributed by atoms with Crippen LogP contribution in [0, 0.1) is 0 Å². The van der Waals surface area contributed by atoms with Gasteiger partial charge < -0.3 is 23.9 Å². The Hall–Kier alpha value is -3.22. The van der Waals surface area contributed by atoms with Gasteiger partial charge in [-0.05, 0) is 12.1 Å². The van der Waals surface area contributed by atoms with Crippen molar-refractivity contribution in [1.29, 1.82) is 0 Å². The molecule has 0 radical (unpaired) electrons. The molecule has 0 aliphatic rings. The fourth-order valence-corrected chi connectivity index (χ4v) is 2.11. The third kappa shape index (κ3) is 3.40. The van der Waals surface area contributed by atoms with Crippen molar-refractivity contribution >= 4 is 28.8 Å². The summed E-state index contributed by atoms with van der Waals surface area (Å²) in [5.74, 6) is 0.433. The number of fused-ring (bicyclic) bond motifs is 1. The first-order valence-electron chi connectivity index (χ1n) is 7.20. The minimum atomic E-state index is -0.474. The van der Waals surface area contributed by atoms with Crippen LogP contribution in [-0.2, 0) is 9.53 Å². The molecule has 0 atom stereocenters. The van der Waals surface area contributed by atoms with Crippen LogP contribution >= 0.6 is 0 Å². The maximum absolute atomic E-state index is 11.2. The molecule has 0 aliphatic heterocycles.